The van der Waals surface area contributed by atoms with Gasteiger partial charge in [0.05, 0.1) is 9.09 Å². The van der Waals surface area contributed by atoms with Crippen LogP contribution in [0.1, 0.15) is 4.88 Å². The maximum Gasteiger partial charge on any atom is 0.352 e. The lowest BCUT2D eigenvalue weighted by molar-refractivity contribution is -0.150. The van der Waals surface area contributed by atoms with Crippen molar-refractivity contribution in [2.24, 2.45) is 0 Å². The van der Waals surface area contributed by atoms with Crippen molar-refractivity contribution in [2.45, 2.75) is 15.6 Å². The molecule has 4 heterocycles. The average molecular weight is 499 g/mol. The topological polar surface area (TPSA) is 104 Å². The first-order valence-electron chi connectivity index (χ1n) is 8.59. The summed E-state index contributed by atoms with van der Waals surface area (Å²) in [6, 6.07) is 6.43. The molecule has 0 aliphatic carbocycles. The lowest BCUT2D eigenvalue weighted by Crippen LogP contribution is -2.71. The molecule has 0 radical (unpaired) electrons. The van der Waals surface area contributed by atoms with E-state index in [1.165, 1.54) is 39.8 Å². The lowest BCUT2D eigenvalue weighted by Gasteiger charge is -2.49. The summed E-state index contributed by atoms with van der Waals surface area (Å²) in [5, 5.41) is 15.5. The van der Waals surface area contributed by atoms with Crippen LogP contribution in [0.2, 0.25) is 0 Å². The second kappa shape index (κ2) is 9.10. The summed E-state index contributed by atoms with van der Waals surface area (Å²) >= 11 is 5.88. The van der Waals surface area contributed by atoms with Crippen LogP contribution in [0.15, 0.2) is 50.5 Å². The molecule has 2 aromatic rings. The highest BCUT2D eigenvalue weighted by Gasteiger charge is 2.54. The fourth-order valence-corrected chi connectivity index (χ4v) is 7.56. The predicted octanol–water partition coefficient (Wildman–Crippen LogP) is 2.07. The van der Waals surface area contributed by atoms with E-state index in [-0.39, 0.29) is 21.8 Å². The first kappa shape index (κ1) is 21.4. The highest BCUT2D eigenvalue weighted by Crippen LogP contribution is 2.41. The third-order valence-corrected chi connectivity index (χ3v) is 9.60. The zero-order chi connectivity index (χ0) is 21.3. The Labute approximate surface area is 191 Å². The number of fused-ring (bicyclic) bond motifs is 1. The van der Waals surface area contributed by atoms with Crippen molar-refractivity contribution in [3.8, 4) is 0 Å². The molecule has 1 saturated heterocycles. The number of thiophene rings is 2. The van der Waals surface area contributed by atoms with Gasteiger partial charge in [-0.25, -0.2) is 9.00 Å². The van der Waals surface area contributed by atoms with Gasteiger partial charge in [0.2, 0.25) is 0 Å². The Bertz CT molecular complexity index is 1070. The summed E-state index contributed by atoms with van der Waals surface area (Å²) in [6.45, 7) is 0. The van der Waals surface area contributed by atoms with Crippen molar-refractivity contribution in [3.63, 3.8) is 0 Å². The number of aliphatic carboxylic acids is 1. The summed E-state index contributed by atoms with van der Waals surface area (Å²) < 4.78 is 12.5. The van der Waals surface area contributed by atoms with Crippen LogP contribution >= 0.6 is 46.2 Å². The number of carboxylic acids is 1. The van der Waals surface area contributed by atoms with E-state index >= 15 is 0 Å². The molecule has 1 unspecified atom stereocenters. The Kier molecular flexibility index (Phi) is 6.48. The molecule has 0 spiro atoms. The van der Waals surface area contributed by atoms with Crippen molar-refractivity contribution in [2.75, 3.05) is 11.5 Å². The minimum Gasteiger partial charge on any atom is -0.477 e. The van der Waals surface area contributed by atoms with Crippen LogP contribution in [0.4, 0.5) is 0 Å². The number of amides is 2. The van der Waals surface area contributed by atoms with E-state index in [4.69, 9.17) is 0 Å². The van der Waals surface area contributed by atoms with E-state index in [0.29, 0.717) is 22.0 Å². The van der Waals surface area contributed by atoms with Crippen LogP contribution < -0.4 is 5.32 Å². The zero-order valence-electron chi connectivity index (χ0n) is 15.1. The molecule has 0 aromatic carbocycles. The Hall–Kier alpha value is -1.86. The maximum atomic E-state index is 12.7. The van der Waals surface area contributed by atoms with Gasteiger partial charge in [-0.05, 0) is 28.5 Å². The molecule has 2 aliphatic heterocycles. The Morgan fingerprint density at radius 3 is 2.63 bits per heavy atom. The summed E-state index contributed by atoms with van der Waals surface area (Å²) in [6.07, 6.45) is 0. The van der Waals surface area contributed by atoms with E-state index < -0.39 is 29.2 Å². The van der Waals surface area contributed by atoms with Gasteiger partial charge in [0.25, 0.3) is 11.8 Å². The molecule has 2 amide bonds. The van der Waals surface area contributed by atoms with Crippen LogP contribution in [0.5, 0.6) is 0 Å². The van der Waals surface area contributed by atoms with Crippen LogP contribution in [0.3, 0.4) is 0 Å². The molecule has 0 saturated carbocycles. The molecule has 156 valence electrons. The third kappa shape index (κ3) is 4.02. The SMILES string of the molecule is O=S=C(C(=O)NC1C(=O)N2C(C(=O)O)=C(CSc3cccs3)CS[C@H]12)c1cccs1. The lowest BCUT2D eigenvalue weighted by atomic mass is 10.0. The van der Waals surface area contributed by atoms with Gasteiger partial charge in [-0.3, -0.25) is 14.5 Å². The quantitative estimate of drug-likeness (QED) is 0.261. The number of carboxylic acid groups (broad SMARTS) is 1. The monoisotopic (exact) mass is 498 g/mol. The molecular weight excluding hydrogens is 485 g/mol. The van der Waals surface area contributed by atoms with Gasteiger partial charge >= 0.3 is 5.97 Å². The Morgan fingerprint density at radius 1 is 1.23 bits per heavy atom. The standard InChI is InChI=1S/C18H14N2O5S5/c21-15(14(30-25)10-3-1-5-26-10)19-12-16(22)20-13(18(23)24)9(8-29-17(12)20)7-28-11-4-2-6-27-11/h1-6,12,17H,7-8H2,(H,19,21)(H,23,24)/t12?,17-/m1/s1. The fourth-order valence-electron chi connectivity index (χ4n) is 3.10. The number of rotatable bonds is 7. The van der Waals surface area contributed by atoms with E-state index in [2.05, 4.69) is 5.32 Å². The van der Waals surface area contributed by atoms with Crippen molar-refractivity contribution >= 4 is 80.1 Å². The number of β-lactam (4-membered cyclic amide) rings is 1. The summed E-state index contributed by atoms with van der Waals surface area (Å²) in [4.78, 5) is 38.9. The summed E-state index contributed by atoms with van der Waals surface area (Å²) in [7, 11) is 0. The van der Waals surface area contributed by atoms with E-state index in [1.807, 2.05) is 17.5 Å². The number of thioether (sulfide) groups is 2. The smallest absolute Gasteiger partial charge is 0.352 e. The number of carbonyl (C=O) groups excluding carboxylic acids is 2. The van der Waals surface area contributed by atoms with Gasteiger partial charge in [-0.2, -0.15) is 0 Å². The Morgan fingerprint density at radius 2 is 2.00 bits per heavy atom. The fraction of sp³-hybridized carbons (Fsp3) is 0.222. The molecule has 30 heavy (non-hydrogen) atoms. The molecule has 1 fully saturated rings. The van der Waals surface area contributed by atoms with Crippen LogP contribution in [-0.4, -0.2) is 59.8 Å². The molecular formula is C18H14N2O5S5. The molecule has 12 heteroatoms. The molecule has 2 atom stereocenters. The van der Waals surface area contributed by atoms with Crippen molar-refractivity contribution < 1.29 is 23.7 Å². The van der Waals surface area contributed by atoms with Crippen LogP contribution in [0.25, 0.3) is 0 Å². The normalized spacial score (nSPS) is 20.4. The molecule has 4 rings (SSSR count). The zero-order valence-corrected chi connectivity index (χ0v) is 19.2. The van der Waals surface area contributed by atoms with E-state index in [1.54, 1.807) is 28.8 Å². The van der Waals surface area contributed by atoms with Crippen LogP contribution in [0, 0.1) is 0 Å². The number of carbonyl (C=O) groups is 3. The van der Waals surface area contributed by atoms with Gasteiger partial charge in [0.15, 0.2) is 0 Å². The largest absolute Gasteiger partial charge is 0.477 e. The van der Waals surface area contributed by atoms with Crippen molar-refractivity contribution in [1.29, 1.82) is 0 Å². The Balaban J connectivity index is 1.49. The van der Waals surface area contributed by atoms with Gasteiger partial charge in [0, 0.05) is 11.5 Å². The molecule has 7 nitrogen and oxygen atoms in total. The average Bonchev–Trinajstić information content (AvgIpc) is 3.44. The second-order valence-corrected chi connectivity index (χ2v) is 11.1. The third-order valence-electron chi connectivity index (χ3n) is 4.45. The minimum absolute atomic E-state index is 0.000837. The summed E-state index contributed by atoms with van der Waals surface area (Å²) in [5.74, 6) is -1.31. The van der Waals surface area contributed by atoms with E-state index in [0.717, 1.165) is 4.21 Å². The van der Waals surface area contributed by atoms with Crippen molar-refractivity contribution in [3.05, 3.63) is 51.2 Å². The number of hydrogen-bond acceptors (Lipinski definition) is 8. The van der Waals surface area contributed by atoms with E-state index in [9.17, 15) is 23.7 Å². The minimum atomic E-state index is -1.15. The molecule has 2 aliphatic rings. The van der Waals surface area contributed by atoms with Gasteiger partial charge in [-0.15, -0.1) is 46.2 Å². The van der Waals surface area contributed by atoms with Crippen molar-refractivity contribution in [1.82, 2.24) is 10.2 Å². The number of nitrogens with one attached hydrogen (secondary N) is 1. The van der Waals surface area contributed by atoms with Gasteiger partial charge in [-0.1, -0.05) is 12.1 Å². The second-order valence-electron chi connectivity index (χ2n) is 6.23. The number of hydrogen-bond donors (Lipinski definition) is 2. The number of nitrogens with zero attached hydrogens (tertiary/aromatic N) is 1. The van der Waals surface area contributed by atoms with Gasteiger partial charge < -0.3 is 10.4 Å². The van der Waals surface area contributed by atoms with Crippen LogP contribution in [-0.2, 0) is 25.6 Å². The molecule has 2 N–H and O–H groups in total. The maximum absolute atomic E-state index is 12.7. The highest BCUT2D eigenvalue weighted by atomic mass is 32.2. The highest BCUT2D eigenvalue weighted by molar-refractivity contribution is 8.02. The predicted molar refractivity (Wildman–Crippen MR) is 121 cm³/mol. The molecule has 2 aromatic heterocycles. The van der Waals surface area contributed by atoms with Gasteiger partial charge in [0.1, 0.15) is 33.2 Å². The molecule has 0 bridgehead atoms. The first-order chi connectivity index (χ1) is 14.5. The summed E-state index contributed by atoms with van der Waals surface area (Å²) in [5.41, 5.74) is 0.681. The first-order valence-corrected chi connectivity index (χ1v) is 13.1.